The van der Waals surface area contributed by atoms with Crippen molar-refractivity contribution >= 4 is 5.65 Å². The lowest BCUT2D eigenvalue weighted by Gasteiger charge is -2.07. The fraction of sp³-hybridized carbons (Fsp3) is 0.350. The summed E-state index contributed by atoms with van der Waals surface area (Å²) in [5.74, 6) is 0.854. The summed E-state index contributed by atoms with van der Waals surface area (Å²) in [4.78, 5) is 4.70. The van der Waals surface area contributed by atoms with E-state index in [0.717, 1.165) is 49.4 Å². The maximum absolute atomic E-state index is 5.98. The van der Waals surface area contributed by atoms with E-state index in [2.05, 4.69) is 42.7 Å². The SMILES string of the molecule is CCCNCc1cn2cccc(OCCCc3ccccc3)c2n1. The van der Waals surface area contributed by atoms with Crippen LogP contribution in [0.25, 0.3) is 5.65 Å². The molecule has 0 aliphatic heterocycles. The molecule has 1 N–H and O–H groups in total. The highest BCUT2D eigenvalue weighted by molar-refractivity contribution is 5.54. The molecule has 0 fully saturated rings. The molecule has 4 nitrogen and oxygen atoms in total. The molecule has 0 saturated heterocycles. The zero-order chi connectivity index (χ0) is 16.6. The second-order valence-electron chi connectivity index (χ2n) is 5.95. The molecule has 0 unspecified atom stereocenters. The van der Waals surface area contributed by atoms with E-state index in [4.69, 9.17) is 9.72 Å². The molecule has 24 heavy (non-hydrogen) atoms. The van der Waals surface area contributed by atoms with Gasteiger partial charge in [0.25, 0.3) is 0 Å². The highest BCUT2D eigenvalue weighted by atomic mass is 16.5. The van der Waals surface area contributed by atoms with E-state index < -0.39 is 0 Å². The normalized spacial score (nSPS) is 11.0. The Bertz CT molecular complexity index is 752. The van der Waals surface area contributed by atoms with Crippen molar-refractivity contribution in [2.75, 3.05) is 13.2 Å². The number of imidazole rings is 1. The molecule has 3 aromatic rings. The Kier molecular flexibility index (Phi) is 5.85. The number of nitrogens with zero attached hydrogens (tertiary/aromatic N) is 2. The third-order valence-electron chi connectivity index (χ3n) is 3.94. The Hall–Kier alpha value is -2.33. The molecule has 2 aromatic heterocycles. The zero-order valence-electron chi connectivity index (χ0n) is 14.2. The van der Waals surface area contributed by atoms with Crippen LogP contribution in [0, 0.1) is 0 Å². The van der Waals surface area contributed by atoms with Crippen LogP contribution in [0.4, 0.5) is 0 Å². The first-order valence-corrected chi connectivity index (χ1v) is 8.71. The van der Waals surface area contributed by atoms with E-state index in [-0.39, 0.29) is 0 Å². The summed E-state index contributed by atoms with van der Waals surface area (Å²) < 4.78 is 8.01. The Balaban J connectivity index is 1.57. The van der Waals surface area contributed by atoms with Crippen LogP contribution in [0.15, 0.2) is 54.9 Å². The first-order chi connectivity index (χ1) is 11.9. The summed E-state index contributed by atoms with van der Waals surface area (Å²) in [6.07, 6.45) is 7.24. The Morgan fingerprint density at radius 3 is 2.83 bits per heavy atom. The quantitative estimate of drug-likeness (QED) is 0.608. The van der Waals surface area contributed by atoms with Crippen LogP contribution in [0.5, 0.6) is 5.75 Å². The van der Waals surface area contributed by atoms with Gasteiger partial charge in [0.1, 0.15) is 0 Å². The van der Waals surface area contributed by atoms with Crippen molar-refractivity contribution in [2.45, 2.75) is 32.7 Å². The molecule has 0 amide bonds. The monoisotopic (exact) mass is 323 g/mol. The molecule has 0 radical (unpaired) electrons. The molecule has 0 bridgehead atoms. The second-order valence-corrected chi connectivity index (χ2v) is 5.95. The lowest BCUT2D eigenvalue weighted by atomic mass is 10.1. The maximum Gasteiger partial charge on any atom is 0.179 e. The number of aryl methyl sites for hydroxylation is 1. The third-order valence-corrected chi connectivity index (χ3v) is 3.94. The number of pyridine rings is 1. The predicted molar refractivity (Wildman–Crippen MR) is 97.4 cm³/mol. The van der Waals surface area contributed by atoms with Crippen molar-refractivity contribution in [3.63, 3.8) is 0 Å². The molecule has 4 heteroatoms. The van der Waals surface area contributed by atoms with Gasteiger partial charge in [0.15, 0.2) is 11.4 Å². The summed E-state index contributed by atoms with van der Waals surface area (Å²) in [6, 6.07) is 14.5. The van der Waals surface area contributed by atoms with Gasteiger partial charge < -0.3 is 14.5 Å². The van der Waals surface area contributed by atoms with Gasteiger partial charge >= 0.3 is 0 Å². The molecule has 1 aromatic carbocycles. The van der Waals surface area contributed by atoms with Gasteiger partial charge in [0, 0.05) is 18.9 Å². The molecule has 126 valence electrons. The Labute approximate surface area is 143 Å². The molecule has 0 aliphatic rings. The lowest BCUT2D eigenvalue weighted by Crippen LogP contribution is -2.13. The summed E-state index contributed by atoms with van der Waals surface area (Å²) >= 11 is 0. The average molecular weight is 323 g/mol. The van der Waals surface area contributed by atoms with Gasteiger partial charge in [-0.3, -0.25) is 0 Å². The van der Waals surface area contributed by atoms with Crippen LogP contribution >= 0.6 is 0 Å². The molecule has 0 saturated carbocycles. The van der Waals surface area contributed by atoms with E-state index in [0.29, 0.717) is 6.61 Å². The summed E-state index contributed by atoms with van der Waals surface area (Å²) in [5.41, 5.74) is 3.29. The van der Waals surface area contributed by atoms with E-state index in [1.807, 2.05) is 28.8 Å². The van der Waals surface area contributed by atoms with Crippen LogP contribution < -0.4 is 10.1 Å². The highest BCUT2D eigenvalue weighted by Gasteiger charge is 2.07. The van der Waals surface area contributed by atoms with Crippen molar-refractivity contribution in [3.05, 3.63) is 66.1 Å². The average Bonchev–Trinajstić information content (AvgIpc) is 3.03. The van der Waals surface area contributed by atoms with E-state index in [9.17, 15) is 0 Å². The van der Waals surface area contributed by atoms with Gasteiger partial charge in [-0.25, -0.2) is 4.98 Å². The lowest BCUT2D eigenvalue weighted by molar-refractivity contribution is 0.313. The molecular weight excluding hydrogens is 298 g/mol. The molecular formula is C20H25N3O. The number of aromatic nitrogens is 2. The van der Waals surface area contributed by atoms with Gasteiger partial charge in [-0.05, 0) is 43.5 Å². The number of fused-ring (bicyclic) bond motifs is 1. The zero-order valence-corrected chi connectivity index (χ0v) is 14.2. The maximum atomic E-state index is 5.98. The largest absolute Gasteiger partial charge is 0.490 e. The minimum absolute atomic E-state index is 0.699. The molecule has 0 spiro atoms. The third kappa shape index (κ3) is 4.36. The highest BCUT2D eigenvalue weighted by Crippen LogP contribution is 2.19. The Morgan fingerprint density at radius 1 is 1.12 bits per heavy atom. The number of nitrogens with one attached hydrogen (secondary N) is 1. The van der Waals surface area contributed by atoms with Crippen LogP contribution in [0.2, 0.25) is 0 Å². The van der Waals surface area contributed by atoms with E-state index in [1.54, 1.807) is 0 Å². The minimum atomic E-state index is 0.699. The van der Waals surface area contributed by atoms with Crippen LogP contribution in [-0.2, 0) is 13.0 Å². The number of benzene rings is 1. The molecule has 0 aliphatic carbocycles. The molecule has 3 rings (SSSR count). The van der Waals surface area contributed by atoms with Crippen LogP contribution in [0.1, 0.15) is 31.0 Å². The van der Waals surface area contributed by atoms with Gasteiger partial charge in [-0.2, -0.15) is 0 Å². The van der Waals surface area contributed by atoms with Crippen molar-refractivity contribution in [3.8, 4) is 5.75 Å². The molecule has 0 atom stereocenters. The van der Waals surface area contributed by atoms with Crippen molar-refractivity contribution in [1.29, 1.82) is 0 Å². The van der Waals surface area contributed by atoms with Crippen LogP contribution in [0.3, 0.4) is 0 Å². The van der Waals surface area contributed by atoms with E-state index in [1.165, 1.54) is 5.56 Å². The van der Waals surface area contributed by atoms with Crippen LogP contribution in [-0.4, -0.2) is 22.5 Å². The van der Waals surface area contributed by atoms with Gasteiger partial charge in [-0.1, -0.05) is 37.3 Å². The number of hydrogen-bond donors (Lipinski definition) is 1. The van der Waals surface area contributed by atoms with Crippen molar-refractivity contribution in [2.24, 2.45) is 0 Å². The topological polar surface area (TPSA) is 38.6 Å². The fourth-order valence-electron chi connectivity index (χ4n) is 2.73. The van der Waals surface area contributed by atoms with Gasteiger partial charge in [-0.15, -0.1) is 0 Å². The predicted octanol–water partition coefficient (Wildman–Crippen LogP) is 3.85. The summed E-state index contributed by atoms with van der Waals surface area (Å²) in [7, 11) is 0. The van der Waals surface area contributed by atoms with Crippen molar-refractivity contribution in [1.82, 2.24) is 14.7 Å². The summed E-state index contributed by atoms with van der Waals surface area (Å²) in [6.45, 7) is 4.67. The number of ether oxygens (including phenoxy) is 1. The number of rotatable bonds is 9. The first-order valence-electron chi connectivity index (χ1n) is 8.71. The first kappa shape index (κ1) is 16.5. The van der Waals surface area contributed by atoms with Gasteiger partial charge in [0.2, 0.25) is 0 Å². The minimum Gasteiger partial charge on any atom is -0.490 e. The Morgan fingerprint density at radius 2 is 2.00 bits per heavy atom. The fourth-order valence-corrected chi connectivity index (χ4v) is 2.73. The summed E-state index contributed by atoms with van der Waals surface area (Å²) in [5, 5.41) is 3.39. The van der Waals surface area contributed by atoms with E-state index >= 15 is 0 Å². The smallest absolute Gasteiger partial charge is 0.179 e. The van der Waals surface area contributed by atoms with Crippen molar-refractivity contribution < 1.29 is 4.74 Å². The number of hydrogen-bond acceptors (Lipinski definition) is 3. The van der Waals surface area contributed by atoms with Gasteiger partial charge in [0.05, 0.1) is 12.3 Å². The second kappa shape index (κ2) is 8.50. The molecule has 2 heterocycles. The standard InChI is InChI=1S/C20H25N3O/c1-2-12-21-15-18-16-23-13-6-11-19(20(23)22-18)24-14-7-10-17-8-4-3-5-9-17/h3-6,8-9,11,13,16,21H,2,7,10,12,14-15H2,1H3.